The zero-order valence-corrected chi connectivity index (χ0v) is 12.7. The Morgan fingerprint density at radius 3 is 2.63 bits per heavy atom. The van der Waals surface area contributed by atoms with Gasteiger partial charge in [-0.2, -0.15) is 0 Å². The van der Waals surface area contributed by atoms with Gasteiger partial charge in [-0.25, -0.2) is 0 Å². The predicted octanol–water partition coefficient (Wildman–Crippen LogP) is 3.38. The lowest BCUT2D eigenvalue weighted by Gasteiger charge is -2.24. The van der Waals surface area contributed by atoms with Gasteiger partial charge in [0.05, 0.1) is 0 Å². The van der Waals surface area contributed by atoms with Gasteiger partial charge in [-0.3, -0.25) is 4.90 Å². The molecular weight excluding hydrogens is 232 g/mol. The molecule has 0 spiro atoms. The molecule has 1 atom stereocenters. The summed E-state index contributed by atoms with van der Waals surface area (Å²) in [5, 5.41) is 3.49. The SMILES string of the molecule is CCNCC1CCCN1Cc1ccc(C(C)C)cc1. The predicted molar refractivity (Wildman–Crippen MR) is 82.5 cm³/mol. The zero-order chi connectivity index (χ0) is 13.7. The van der Waals surface area contributed by atoms with Crippen LogP contribution in [0.1, 0.15) is 50.7 Å². The van der Waals surface area contributed by atoms with Crippen molar-refractivity contribution in [3.8, 4) is 0 Å². The minimum Gasteiger partial charge on any atom is -0.315 e. The van der Waals surface area contributed by atoms with Crippen molar-refractivity contribution < 1.29 is 0 Å². The second-order valence-corrected chi connectivity index (χ2v) is 5.97. The Morgan fingerprint density at radius 1 is 1.26 bits per heavy atom. The summed E-state index contributed by atoms with van der Waals surface area (Å²) in [5.74, 6) is 0.627. The van der Waals surface area contributed by atoms with Gasteiger partial charge in [0.15, 0.2) is 0 Å². The van der Waals surface area contributed by atoms with E-state index < -0.39 is 0 Å². The van der Waals surface area contributed by atoms with Crippen LogP contribution in [0.15, 0.2) is 24.3 Å². The number of likely N-dealkylation sites (tertiary alicyclic amines) is 1. The summed E-state index contributed by atoms with van der Waals surface area (Å²) in [4.78, 5) is 2.63. The van der Waals surface area contributed by atoms with Crippen LogP contribution in [0.25, 0.3) is 0 Å². The van der Waals surface area contributed by atoms with Gasteiger partial charge in [-0.1, -0.05) is 45.0 Å². The highest BCUT2D eigenvalue weighted by Crippen LogP contribution is 2.21. The van der Waals surface area contributed by atoms with Gasteiger partial charge in [-0.15, -0.1) is 0 Å². The van der Waals surface area contributed by atoms with E-state index in [2.05, 4.69) is 55.3 Å². The van der Waals surface area contributed by atoms with Crippen molar-refractivity contribution in [1.82, 2.24) is 10.2 Å². The molecule has 106 valence electrons. The quantitative estimate of drug-likeness (QED) is 0.843. The van der Waals surface area contributed by atoms with Gasteiger partial charge in [0.1, 0.15) is 0 Å². The van der Waals surface area contributed by atoms with Crippen LogP contribution in [-0.4, -0.2) is 30.6 Å². The number of rotatable bonds is 6. The molecule has 0 saturated carbocycles. The first-order chi connectivity index (χ1) is 9.20. The summed E-state index contributed by atoms with van der Waals surface area (Å²) in [6.45, 7) is 11.3. The molecule has 1 aliphatic rings. The molecule has 0 bridgehead atoms. The first-order valence-corrected chi connectivity index (χ1v) is 7.74. The first-order valence-electron chi connectivity index (χ1n) is 7.74. The molecule has 0 aliphatic carbocycles. The van der Waals surface area contributed by atoms with Crippen molar-refractivity contribution >= 4 is 0 Å². The van der Waals surface area contributed by atoms with Crippen LogP contribution in [0, 0.1) is 0 Å². The Kier molecular flexibility index (Phi) is 5.41. The maximum Gasteiger partial charge on any atom is 0.0237 e. The summed E-state index contributed by atoms with van der Waals surface area (Å²) < 4.78 is 0. The van der Waals surface area contributed by atoms with E-state index in [9.17, 15) is 0 Å². The Bertz CT molecular complexity index is 369. The maximum absolute atomic E-state index is 3.49. The fraction of sp³-hybridized carbons (Fsp3) is 0.647. The van der Waals surface area contributed by atoms with Crippen molar-refractivity contribution in [2.24, 2.45) is 0 Å². The molecule has 2 rings (SSSR count). The van der Waals surface area contributed by atoms with Crippen molar-refractivity contribution in [2.45, 2.75) is 52.1 Å². The summed E-state index contributed by atoms with van der Waals surface area (Å²) in [6.07, 6.45) is 2.69. The van der Waals surface area contributed by atoms with E-state index in [-0.39, 0.29) is 0 Å². The van der Waals surface area contributed by atoms with Crippen LogP contribution >= 0.6 is 0 Å². The average molecular weight is 260 g/mol. The van der Waals surface area contributed by atoms with Gasteiger partial charge in [0, 0.05) is 19.1 Å². The third kappa shape index (κ3) is 4.05. The minimum atomic E-state index is 0.627. The van der Waals surface area contributed by atoms with E-state index in [0.29, 0.717) is 5.92 Å². The minimum absolute atomic E-state index is 0.627. The van der Waals surface area contributed by atoms with Crippen molar-refractivity contribution in [1.29, 1.82) is 0 Å². The molecule has 0 amide bonds. The van der Waals surface area contributed by atoms with Gasteiger partial charge in [-0.05, 0) is 43.0 Å². The first kappa shape index (κ1) is 14.5. The number of nitrogens with one attached hydrogen (secondary N) is 1. The highest BCUT2D eigenvalue weighted by Gasteiger charge is 2.23. The van der Waals surface area contributed by atoms with E-state index in [1.54, 1.807) is 0 Å². The molecule has 0 aromatic heterocycles. The van der Waals surface area contributed by atoms with Crippen LogP contribution in [-0.2, 0) is 6.54 Å². The lowest BCUT2D eigenvalue weighted by molar-refractivity contribution is 0.240. The monoisotopic (exact) mass is 260 g/mol. The summed E-state index contributed by atoms with van der Waals surface area (Å²) >= 11 is 0. The van der Waals surface area contributed by atoms with Crippen LogP contribution < -0.4 is 5.32 Å². The third-order valence-corrected chi connectivity index (χ3v) is 4.16. The molecule has 1 fully saturated rings. The van der Waals surface area contributed by atoms with E-state index in [1.165, 1.54) is 30.5 Å². The molecule has 1 aromatic carbocycles. The summed E-state index contributed by atoms with van der Waals surface area (Å²) in [5.41, 5.74) is 2.89. The van der Waals surface area contributed by atoms with Gasteiger partial charge in [0.2, 0.25) is 0 Å². The lowest BCUT2D eigenvalue weighted by atomic mass is 10.0. The molecule has 1 saturated heterocycles. The largest absolute Gasteiger partial charge is 0.315 e. The Morgan fingerprint density at radius 2 is 2.00 bits per heavy atom. The van der Waals surface area contributed by atoms with E-state index in [4.69, 9.17) is 0 Å². The molecule has 1 heterocycles. The molecule has 0 radical (unpaired) electrons. The second-order valence-electron chi connectivity index (χ2n) is 5.97. The van der Waals surface area contributed by atoms with Gasteiger partial charge in [0.25, 0.3) is 0 Å². The van der Waals surface area contributed by atoms with E-state index >= 15 is 0 Å². The van der Waals surface area contributed by atoms with Crippen LogP contribution in [0.2, 0.25) is 0 Å². The van der Waals surface area contributed by atoms with E-state index in [0.717, 1.165) is 25.7 Å². The molecule has 1 N–H and O–H groups in total. The zero-order valence-electron chi connectivity index (χ0n) is 12.7. The van der Waals surface area contributed by atoms with Crippen molar-refractivity contribution in [2.75, 3.05) is 19.6 Å². The number of hydrogen-bond acceptors (Lipinski definition) is 2. The fourth-order valence-corrected chi connectivity index (χ4v) is 2.89. The summed E-state index contributed by atoms with van der Waals surface area (Å²) in [7, 11) is 0. The second kappa shape index (κ2) is 7.06. The van der Waals surface area contributed by atoms with Gasteiger partial charge < -0.3 is 5.32 Å². The topological polar surface area (TPSA) is 15.3 Å². The summed E-state index contributed by atoms with van der Waals surface area (Å²) in [6, 6.07) is 9.91. The molecule has 1 aliphatic heterocycles. The van der Waals surface area contributed by atoms with E-state index in [1.807, 2.05) is 0 Å². The Labute approximate surface area is 118 Å². The standard InChI is InChI=1S/C17H28N2/c1-4-18-12-17-6-5-11-19(17)13-15-7-9-16(10-8-15)14(2)3/h7-10,14,17-18H,4-6,11-13H2,1-3H3. The molecule has 2 nitrogen and oxygen atoms in total. The molecular formula is C17H28N2. The maximum atomic E-state index is 3.49. The van der Waals surface area contributed by atoms with Crippen LogP contribution in [0.3, 0.4) is 0 Å². The molecule has 1 unspecified atom stereocenters. The highest BCUT2D eigenvalue weighted by molar-refractivity contribution is 5.24. The van der Waals surface area contributed by atoms with Gasteiger partial charge >= 0.3 is 0 Å². The Balaban J connectivity index is 1.92. The van der Waals surface area contributed by atoms with Crippen LogP contribution in [0.5, 0.6) is 0 Å². The molecule has 19 heavy (non-hydrogen) atoms. The average Bonchev–Trinajstić information content (AvgIpc) is 2.84. The number of nitrogens with zero attached hydrogens (tertiary/aromatic N) is 1. The normalized spacial score (nSPS) is 20.3. The highest BCUT2D eigenvalue weighted by atomic mass is 15.2. The molecule has 2 heteroatoms. The number of hydrogen-bond donors (Lipinski definition) is 1. The Hall–Kier alpha value is -0.860. The smallest absolute Gasteiger partial charge is 0.0237 e. The molecule has 1 aromatic rings. The number of benzene rings is 1. The van der Waals surface area contributed by atoms with Crippen molar-refractivity contribution in [3.05, 3.63) is 35.4 Å². The fourth-order valence-electron chi connectivity index (χ4n) is 2.89. The lowest BCUT2D eigenvalue weighted by Crippen LogP contribution is -2.37. The third-order valence-electron chi connectivity index (χ3n) is 4.16. The van der Waals surface area contributed by atoms with Crippen LogP contribution in [0.4, 0.5) is 0 Å². The number of likely N-dealkylation sites (N-methyl/N-ethyl adjacent to an activating group) is 1. The van der Waals surface area contributed by atoms with Crippen molar-refractivity contribution in [3.63, 3.8) is 0 Å².